The maximum atomic E-state index is 12.7. The number of nitrogens with one attached hydrogen (secondary N) is 1. The maximum absolute atomic E-state index is 12.7. The second-order valence-corrected chi connectivity index (χ2v) is 11.8. The molecule has 2 heterocycles. The van der Waals surface area contributed by atoms with Crippen molar-refractivity contribution in [2.45, 2.75) is 44.9 Å². The molecule has 0 spiro atoms. The SMILES string of the molecule is CC(CC(=O)c1ccc2c(c1)CC(C)(C)C(c1cccc(N3CCOCC3)c1)N2)S(N)(=O)=O. The second kappa shape index (κ2) is 9.08. The lowest BCUT2D eigenvalue weighted by molar-refractivity contribution is 0.0982. The molecular formula is C25H33N3O4S. The molecule has 2 aliphatic heterocycles. The molecule has 0 aromatic heterocycles. The number of Topliss-reactive ketones (excluding diaryl/α,β-unsaturated/α-hetero) is 1. The van der Waals surface area contributed by atoms with E-state index in [1.165, 1.54) is 18.2 Å². The number of nitrogens with zero attached hydrogens (tertiary/aromatic N) is 1. The molecule has 1 fully saturated rings. The highest BCUT2D eigenvalue weighted by molar-refractivity contribution is 7.89. The van der Waals surface area contributed by atoms with E-state index in [1.54, 1.807) is 6.07 Å². The van der Waals surface area contributed by atoms with Crippen LogP contribution in [0.15, 0.2) is 42.5 Å². The minimum absolute atomic E-state index is 0.0911. The van der Waals surface area contributed by atoms with Gasteiger partial charge in [0.2, 0.25) is 10.0 Å². The largest absolute Gasteiger partial charge is 0.378 e. The summed E-state index contributed by atoms with van der Waals surface area (Å²) in [5.74, 6) is -0.211. The van der Waals surface area contributed by atoms with Gasteiger partial charge in [-0.05, 0) is 60.2 Å². The number of primary sulfonamides is 1. The first-order chi connectivity index (χ1) is 15.5. The third-order valence-corrected chi connectivity index (χ3v) is 8.06. The number of ether oxygens (including phenoxy) is 1. The Bertz CT molecular complexity index is 1140. The van der Waals surface area contributed by atoms with E-state index in [1.807, 2.05) is 12.1 Å². The van der Waals surface area contributed by atoms with Gasteiger partial charge in [-0.25, -0.2) is 13.6 Å². The number of sulfonamides is 1. The van der Waals surface area contributed by atoms with Crippen molar-refractivity contribution in [1.82, 2.24) is 0 Å². The predicted octanol–water partition coefficient (Wildman–Crippen LogP) is 3.51. The average molecular weight is 472 g/mol. The zero-order valence-electron chi connectivity index (χ0n) is 19.5. The van der Waals surface area contributed by atoms with Gasteiger partial charge in [0.25, 0.3) is 0 Å². The lowest BCUT2D eigenvalue weighted by Gasteiger charge is -2.42. The van der Waals surface area contributed by atoms with Gasteiger partial charge in [0.05, 0.1) is 24.5 Å². The van der Waals surface area contributed by atoms with Crippen molar-refractivity contribution < 1.29 is 17.9 Å². The molecule has 2 aromatic carbocycles. The summed E-state index contributed by atoms with van der Waals surface area (Å²) in [6.07, 6.45) is 0.680. The number of nitrogens with two attached hydrogens (primary N) is 1. The van der Waals surface area contributed by atoms with Crippen LogP contribution in [0.5, 0.6) is 0 Å². The molecule has 0 bridgehead atoms. The third kappa shape index (κ3) is 5.23. The van der Waals surface area contributed by atoms with Crippen LogP contribution in [-0.2, 0) is 21.2 Å². The standard InChI is InChI=1S/C25H33N3O4S/c1-17(33(26,30)31)13-23(29)18-7-8-22-20(14-18)16-25(2,3)24(27-22)19-5-4-6-21(15-19)28-9-11-32-12-10-28/h4-8,14-15,17,24,27H,9-13,16H2,1-3H3,(H2,26,30,31). The van der Waals surface area contributed by atoms with Gasteiger partial charge in [0, 0.05) is 36.4 Å². The van der Waals surface area contributed by atoms with E-state index in [0.29, 0.717) is 5.56 Å². The molecule has 1 saturated heterocycles. The second-order valence-electron chi connectivity index (χ2n) is 9.84. The molecule has 0 aliphatic carbocycles. The number of anilines is 2. The van der Waals surface area contributed by atoms with Crippen molar-refractivity contribution >= 4 is 27.2 Å². The zero-order chi connectivity index (χ0) is 23.8. The molecule has 2 unspecified atom stereocenters. The van der Waals surface area contributed by atoms with E-state index in [9.17, 15) is 13.2 Å². The van der Waals surface area contributed by atoms with Crippen LogP contribution in [0.25, 0.3) is 0 Å². The topological polar surface area (TPSA) is 102 Å². The van der Waals surface area contributed by atoms with Crippen LogP contribution in [0.3, 0.4) is 0 Å². The van der Waals surface area contributed by atoms with Crippen LogP contribution < -0.4 is 15.4 Å². The van der Waals surface area contributed by atoms with Crippen LogP contribution in [0.4, 0.5) is 11.4 Å². The summed E-state index contributed by atoms with van der Waals surface area (Å²) in [7, 11) is -3.74. The predicted molar refractivity (Wildman–Crippen MR) is 131 cm³/mol. The Kier molecular flexibility index (Phi) is 6.53. The van der Waals surface area contributed by atoms with Gasteiger partial charge in [-0.3, -0.25) is 4.79 Å². The normalized spacial score (nSPS) is 21.1. The highest BCUT2D eigenvalue weighted by atomic mass is 32.2. The molecule has 0 amide bonds. The Balaban J connectivity index is 1.56. The molecule has 0 saturated carbocycles. The van der Waals surface area contributed by atoms with Gasteiger partial charge in [-0.15, -0.1) is 0 Å². The van der Waals surface area contributed by atoms with Crippen LogP contribution >= 0.6 is 0 Å². The quantitative estimate of drug-likeness (QED) is 0.625. The summed E-state index contributed by atoms with van der Waals surface area (Å²) in [5, 5.41) is 7.97. The average Bonchev–Trinajstić information content (AvgIpc) is 2.77. The summed E-state index contributed by atoms with van der Waals surface area (Å²) < 4.78 is 28.5. The molecule has 33 heavy (non-hydrogen) atoms. The van der Waals surface area contributed by atoms with Crippen molar-refractivity contribution in [2.75, 3.05) is 36.5 Å². The van der Waals surface area contributed by atoms with Gasteiger partial charge in [0.15, 0.2) is 5.78 Å². The van der Waals surface area contributed by atoms with E-state index >= 15 is 0 Å². The van der Waals surface area contributed by atoms with Crippen LogP contribution in [0.1, 0.15) is 54.7 Å². The molecule has 2 atom stereocenters. The number of benzene rings is 2. The first-order valence-electron chi connectivity index (χ1n) is 11.4. The Morgan fingerprint density at radius 1 is 1.21 bits per heavy atom. The fourth-order valence-electron chi connectivity index (χ4n) is 4.75. The first kappa shape index (κ1) is 23.7. The molecule has 2 aliphatic rings. The van der Waals surface area contributed by atoms with Gasteiger partial charge in [-0.1, -0.05) is 26.0 Å². The van der Waals surface area contributed by atoms with Crippen LogP contribution in [-0.4, -0.2) is 45.8 Å². The molecule has 8 heteroatoms. The minimum Gasteiger partial charge on any atom is -0.378 e. The minimum atomic E-state index is -3.74. The van der Waals surface area contributed by atoms with E-state index in [4.69, 9.17) is 9.88 Å². The molecule has 4 rings (SSSR count). The Morgan fingerprint density at radius 3 is 2.64 bits per heavy atom. The van der Waals surface area contributed by atoms with E-state index in [2.05, 4.69) is 48.3 Å². The Morgan fingerprint density at radius 2 is 1.94 bits per heavy atom. The molecule has 7 nitrogen and oxygen atoms in total. The number of fused-ring (bicyclic) bond motifs is 1. The van der Waals surface area contributed by atoms with Crippen LogP contribution in [0.2, 0.25) is 0 Å². The molecule has 2 aromatic rings. The summed E-state index contributed by atoms with van der Waals surface area (Å²) in [4.78, 5) is 15.0. The summed E-state index contributed by atoms with van der Waals surface area (Å²) >= 11 is 0. The molecular weight excluding hydrogens is 438 g/mol. The van der Waals surface area contributed by atoms with E-state index < -0.39 is 15.3 Å². The van der Waals surface area contributed by atoms with Crippen molar-refractivity contribution in [3.63, 3.8) is 0 Å². The number of carbonyl (C=O) groups excluding carboxylic acids is 1. The summed E-state index contributed by atoms with van der Waals surface area (Å²) in [6.45, 7) is 9.22. The fourth-order valence-corrected chi connectivity index (χ4v) is 5.13. The lowest BCUT2D eigenvalue weighted by atomic mass is 9.72. The smallest absolute Gasteiger partial charge is 0.212 e. The number of hydrogen-bond acceptors (Lipinski definition) is 6. The van der Waals surface area contributed by atoms with Gasteiger partial charge >= 0.3 is 0 Å². The highest BCUT2D eigenvalue weighted by Gasteiger charge is 2.36. The van der Waals surface area contributed by atoms with Gasteiger partial charge < -0.3 is 15.0 Å². The summed E-state index contributed by atoms with van der Waals surface area (Å²) in [5.41, 5.74) is 4.95. The third-order valence-electron chi connectivity index (χ3n) is 6.77. The number of carbonyl (C=O) groups is 1. The molecule has 178 valence electrons. The Labute approximate surface area is 196 Å². The van der Waals surface area contributed by atoms with Crippen LogP contribution in [0, 0.1) is 5.41 Å². The Hall–Kier alpha value is -2.42. The maximum Gasteiger partial charge on any atom is 0.212 e. The van der Waals surface area contributed by atoms with Crippen molar-refractivity contribution in [1.29, 1.82) is 0 Å². The summed E-state index contributed by atoms with van der Waals surface area (Å²) in [6, 6.07) is 14.4. The van der Waals surface area contributed by atoms with E-state index in [0.717, 1.165) is 44.0 Å². The molecule has 0 radical (unpaired) electrons. The van der Waals surface area contributed by atoms with E-state index in [-0.39, 0.29) is 23.7 Å². The number of hydrogen-bond donors (Lipinski definition) is 2. The number of rotatable bonds is 6. The van der Waals surface area contributed by atoms with Crippen molar-refractivity contribution in [3.8, 4) is 0 Å². The number of ketones is 1. The first-order valence-corrected chi connectivity index (χ1v) is 13.0. The zero-order valence-corrected chi connectivity index (χ0v) is 20.3. The highest BCUT2D eigenvalue weighted by Crippen LogP contribution is 2.45. The fraction of sp³-hybridized carbons (Fsp3) is 0.480. The number of morpholine rings is 1. The van der Waals surface area contributed by atoms with Crippen molar-refractivity contribution in [2.24, 2.45) is 10.6 Å². The monoisotopic (exact) mass is 471 g/mol. The van der Waals surface area contributed by atoms with Gasteiger partial charge in [-0.2, -0.15) is 0 Å². The van der Waals surface area contributed by atoms with Gasteiger partial charge in [0.1, 0.15) is 0 Å². The van der Waals surface area contributed by atoms with Crippen molar-refractivity contribution in [3.05, 3.63) is 59.2 Å². The lowest BCUT2D eigenvalue weighted by Crippen LogP contribution is -2.37. The molecule has 3 N–H and O–H groups in total.